The van der Waals surface area contributed by atoms with Crippen molar-refractivity contribution in [3.8, 4) is 0 Å². The number of urea groups is 1. The number of nitrogens with one attached hydrogen (secondary N) is 2. The standard InChI is InChI=1S/C18H26N6O/c1-14(16-12-21-23(2)13-16)22-18(25)20-11-15-5-9-24(10-6-15)17-3-7-19-8-4-17/h3-4,7-8,12-15H,5-6,9-11H2,1-2H3,(H2,20,22,25). The fourth-order valence-electron chi connectivity index (χ4n) is 3.18. The van der Waals surface area contributed by atoms with Crippen molar-refractivity contribution >= 4 is 11.7 Å². The molecule has 1 atom stereocenters. The molecule has 2 amide bonds. The van der Waals surface area contributed by atoms with Crippen LogP contribution in [0.15, 0.2) is 36.9 Å². The number of pyridine rings is 1. The van der Waals surface area contributed by atoms with Crippen LogP contribution in [0, 0.1) is 5.92 Å². The van der Waals surface area contributed by atoms with E-state index in [1.807, 2.05) is 44.7 Å². The van der Waals surface area contributed by atoms with Crippen molar-refractivity contribution in [2.24, 2.45) is 13.0 Å². The number of rotatable bonds is 5. The van der Waals surface area contributed by atoms with Crippen LogP contribution in [0.1, 0.15) is 31.4 Å². The lowest BCUT2D eigenvalue weighted by Crippen LogP contribution is -2.42. The summed E-state index contributed by atoms with van der Waals surface area (Å²) in [5.41, 5.74) is 2.23. The Labute approximate surface area is 148 Å². The largest absolute Gasteiger partial charge is 0.371 e. The lowest BCUT2D eigenvalue weighted by atomic mass is 9.96. The smallest absolute Gasteiger partial charge is 0.315 e. The number of aryl methyl sites for hydroxylation is 1. The number of carbonyl (C=O) groups is 1. The molecule has 1 saturated heterocycles. The van der Waals surface area contributed by atoms with Gasteiger partial charge in [-0.15, -0.1) is 0 Å². The number of anilines is 1. The van der Waals surface area contributed by atoms with Crippen LogP contribution in [-0.2, 0) is 7.05 Å². The SMILES string of the molecule is CC(NC(=O)NCC1CCN(c2ccncc2)CC1)c1cnn(C)c1. The Morgan fingerprint density at radius 2 is 2.04 bits per heavy atom. The molecule has 1 aliphatic rings. The summed E-state index contributed by atoms with van der Waals surface area (Å²) < 4.78 is 1.74. The molecule has 0 radical (unpaired) electrons. The van der Waals surface area contributed by atoms with Gasteiger partial charge in [0, 0.05) is 56.5 Å². The second kappa shape index (κ2) is 8.00. The molecule has 3 rings (SSSR count). The molecule has 0 aromatic carbocycles. The van der Waals surface area contributed by atoms with Crippen LogP contribution in [0.25, 0.3) is 0 Å². The van der Waals surface area contributed by atoms with E-state index in [0.717, 1.165) is 38.0 Å². The molecule has 0 bridgehead atoms. The highest BCUT2D eigenvalue weighted by Gasteiger charge is 2.20. The van der Waals surface area contributed by atoms with E-state index in [9.17, 15) is 4.79 Å². The van der Waals surface area contributed by atoms with Gasteiger partial charge in [0.1, 0.15) is 0 Å². The Kier molecular flexibility index (Phi) is 5.53. The molecule has 7 nitrogen and oxygen atoms in total. The van der Waals surface area contributed by atoms with Crippen molar-refractivity contribution in [2.45, 2.75) is 25.8 Å². The minimum atomic E-state index is -0.118. The van der Waals surface area contributed by atoms with Gasteiger partial charge in [-0.1, -0.05) is 0 Å². The molecule has 1 fully saturated rings. The predicted molar refractivity (Wildman–Crippen MR) is 97.3 cm³/mol. The molecule has 2 aromatic rings. The van der Waals surface area contributed by atoms with Crippen molar-refractivity contribution in [3.05, 3.63) is 42.5 Å². The van der Waals surface area contributed by atoms with E-state index in [4.69, 9.17) is 0 Å². The molecule has 3 heterocycles. The van der Waals surface area contributed by atoms with E-state index < -0.39 is 0 Å². The van der Waals surface area contributed by atoms with E-state index in [2.05, 4.69) is 25.6 Å². The molecule has 2 aromatic heterocycles. The van der Waals surface area contributed by atoms with Crippen molar-refractivity contribution in [1.82, 2.24) is 25.4 Å². The van der Waals surface area contributed by atoms with Crippen LogP contribution in [0.3, 0.4) is 0 Å². The van der Waals surface area contributed by atoms with Crippen LogP contribution < -0.4 is 15.5 Å². The first-order valence-corrected chi connectivity index (χ1v) is 8.79. The van der Waals surface area contributed by atoms with Gasteiger partial charge in [0.2, 0.25) is 0 Å². The average Bonchev–Trinajstić information content (AvgIpc) is 3.08. The number of carbonyl (C=O) groups excluding carboxylic acids is 1. The summed E-state index contributed by atoms with van der Waals surface area (Å²) in [5.74, 6) is 0.525. The zero-order chi connectivity index (χ0) is 17.6. The Morgan fingerprint density at radius 3 is 2.68 bits per heavy atom. The second-order valence-corrected chi connectivity index (χ2v) is 6.66. The summed E-state index contributed by atoms with van der Waals surface area (Å²) in [5, 5.41) is 10.1. The first-order chi connectivity index (χ1) is 12.1. The quantitative estimate of drug-likeness (QED) is 0.872. The number of amides is 2. The molecule has 25 heavy (non-hydrogen) atoms. The molecule has 1 aliphatic heterocycles. The Balaban J connectivity index is 1.38. The fraction of sp³-hybridized carbons (Fsp3) is 0.500. The minimum Gasteiger partial charge on any atom is -0.371 e. The zero-order valence-corrected chi connectivity index (χ0v) is 14.9. The number of aromatic nitrogens is 3. The van der Waals surface area contributed by atoms with E-state index in [-0.39, 0.29) is 12.1 Å². The highest BCUT2D eigenvalue weighted by Crippen LogP contribution is 2.22. The maximum absolute atomic E-state index is 12.1. The van der Waals surface area contributed by atoms with Gasteiger partial charge in [-0.3, -0.25) is 9.67 Å². The number of nitrogens with zero attached hydrogens (tertiary/aromatic N) is 4. The Bertz CT molecular complexity index is 678. The van der Waals surface area contributed by atoms with Gasteiger partial charge < -0.3 is 15.5 Å². The summed E-state index contributed by atoms with van der Waals surface area (Å²) in [4.78, 5) is 18.5. The summed E-state index contributed by atoms with van der Waals surface area (Å²) >= 11 is 0. The molecular formula is C18H26N6O. The first kappa shape index (κ1) is 17.3. The molecule has 0 aliphatic carbocycles. The summed E-state index contributed by atoms with van der Waals surface area (Å²) in [6.45, 7) is 4.72. The lowest BCUT2D eigenvalue weighted by molar-refractivity contribution is 0.234. The highest BCUT2D eigenvalue weighted by molar-refractivity contribution is 5.74. The van der Waals surface area contributed by atoms with Gasteiger partial charge in [0.05, 0.1) is 12.2 Å². The van der Waals surface area contributed by atoms with E-state index in [0.29, 0.717) is 5.92 Å². The second-order valence-electron chi connectivity index (χ2n) is 6.66. The lowest BCUT2D eigenvalue weighted by Gasteiger charge is -2.33. The fourth-order valence-corrected chi connectivity index (χ4v) is 3.18. The van der Waals surface area contributed by atoms with E-state index >= 15 is 0 Å². The number of hydrogen-bond donors (Lipinski definition) is 2. The topological polar surface area (TPSA) is 75.1 Å². The number of piperidine rings is 1. The molecule has 0 spiro atoms. The molecular weight excluding hydrogens is 316 g/mol. The zero-order valence-electron chi connectivity index (χ0n) is 14.9. The predicted octanol–water partition coefficient (Wildman–Crippen LogP) is 2.09. The van der Waals surface area contributed by atoms with Crippen molar-refractivity contribution in [3.63, 3.8) is 0 Å². The van der Waals surface area contributed by atoms with Gasteiger partial charge in [0.25, 0.3) is 0 Å². The van der Waals surface area contributed by atoms with Crippen LogP contribution >= 0.6 is 0 Å². The van der Waals surface area contributed by atoms with Crippen LogP contribution in [0.5, 0.6) is 0 Å². The minimum absolute atomic E-state index is 0.0535. The summed E-state index contributed by atoms with van der Waals surface area (Å²) in [6.07, 6.45) is 9.52. The third-order valence-corrected chi connectivity index (χ3v) is 4.77. The third-order valence-electron chi connectivity index (χ3n) is 4.77. The maximum Gasteiger partial charge on any atom is 0.315 e. The molecule has 134 valence electrons. The van der Waals surface area contributed by atoms with Gasteiger partial charge in [-0.05, 0) is 37.8 Å². The van der Waals surface area contributed by atoms with E-state index in [1.54, 1.807) is 10.9 Å². The summed E-state index contributed by atoms with van der Waals surface area (Å²) in [6, 6.07) is 3.92. The van der Waals surface area contributed by atoms with Gasteiger partial charge in [-0.2, -0.15) is 5.10 Å². The van der Waals surface area contributed by atoms with Gasteiger partial charge in [0.15, 0.2) is 0 Å². The highest BCUT2D eigenvalue weighted by atomic mass is 16.2. The molecule has 2 N–H and O–H groups in total. The van der Waals surface area contributed by atoms with Crippen molar-refractivity contribution in [1.29, 1.82) is 0 Å². The first-order valence-electron chi connectivity index (χ1n) is 8.79. The van der Waals surface area contributed by atoms with Crippen LogP contribution in [0.4, 0.5) is 10.5 Å². The van der Waals surface area contributed by atoms with Crippen LogP contribution in [0.2, 0.25) is 0 Å². The third kappa shape index (κ3) is 4.71. The molecule has 7 heteroatoms. The monoisotopic (exact) mass is 342 g/mol. The normalized spacial score (nSPS) is 16.5. The average molecular weight is 342 g/mol. The molecule has 0 saturated carbocycles. The van der Waals surface area contributed by atoms with Crippen molar-refractivity contribution in [2.75, 3.05) is 24.5 Å². The maximum atomic E-state index is 12.1. The number of hydrogen-bond acceptors (Lipinski definition) is 4. The van der Waals surface area contributed by atoms with Crippen LogP contribution in [-0.4, -0.2) is 40.4 Å². The Hall–Kier alpha value is -2.57. The van der Waals surface area contributed by atoms with Crippen molar-refractivity contribution < 1.29 is 4.79 Å². The van der Waals surface area contributed by atoms with Gasteiger partial charge in [-0.25, -0.2) is 4.79 Å². The van der Waals surface area contributed by atoms with E-state index in [1.165, 1.54) is 5.69 Å². The summed E-state index contributed by atoms with van der Waals surface area (Å²) in [7, 11) is 1.87. The Morgan fingerprint density at radius 1 is 1.32 bits per heavy atom. The van der Waals surface area contributed by atoms with Gasteiger partial charge >= 0.3 is 6.03 Å². The molecule has 1 unspecified atom stereocenters.